The van der Waals surface area contributed by atoms with Gasteiger partial charge in [0.1, 0.15) is 5.82 Å². The number of nitrogens with zero attached hydrogens (tertiary/aromatic N) is 1. The molecule has 0 spiro atoms. The Morgan fingerprint density at radius 1 is 1.50 bits per heavy atom. The predicted molar refractivity (Wildman–Crippen MR) is 75.2 cm³/mol. The van der Waals surface area contributed by atoms with Gasteiger partial charge < -0.3 is 5.32 Å². The van der Waals surface area contributed by atoms with Gasteiger partial charge in [-0.15, -0.1) is 0 Å². The van der Waals surface area contributed by atoms with E-state index in [0.29, 0.717) is 6.04 Å². The Morgan fingerprint density at radius 3 is 3.06 bits per heavy atom. The van der Waals surface area contributed by atoms with Crippen LogP contribution in [0.3, 0.4) is 0 Å². The third-order valence-corrected chi connectivity index (χ3v) is 5.33. The molecule has 88 valence electrons. The van der Waals surface area contributed by atoms with E-state index in [1.807, 2.05) is 24.0 Å². The summed E-state index contributed by atoms with van der Waals surface area (Å²) in [4.78, 5) is 4.40. The molecule has 0 bridgehead atoms. The predicted octanol–water partition coefficient (Wildman–Crippen LogP) is 3.85. The molecule has 2 atom stereocenters. The zero-order valence-corrected chi connectivity index (χ0v) is 12.1. The molecular weight excluding hydrogens is 284 g/mol. The summed E-state index contributed by atoms with van der Waals surface area (Å²) in [7, 11) is 0. The van der Waals surface area contributed by atoms with Gasteiger partial charge >= 0.3 is 0 Å². The molecule has 1 heterocycles. The van der Waals surface area contributed by atoms with Crippen molar-refractivity contribution in [2.45, 2.75) is 37.5 Å². The van der Waals surface area contributed by atoms with Crippen LogP contribution in [-0.4, -0.2) is 22.5 Å². The van der Waals surface area contributed by atoms with Crippen molar-refractivity contribution < 1.29 is 0 Å². The number of thioether (sulfide) groups is 1. The van der Waals surface area contributed by atoms with Crippen molar-refractivity contribution in [3.8, 4) is 0 Å². The average Bonchev–Trinajstić information content (AvgIpc) is 2.72. The maximum atomic E-state index is 4.40. The number of anilines is 1. The Morgan fingerprint density at radius 2 is 2.31 bits per heavy atom. The van der Waals surface area contributed by atoms with Crippen LogP contribution in [0, 0.1) is 6.92 Å². The fraction of sp³-hybridized carbons (Fsp3) is 0.583. The molecule has 2 unspecified atom stereocenters. The number of aryl methyl sites for hydroxylation is 1. The van der Waals surface area contributed by atoms with Crippen LogP contribution in [0.4, 0.5) is 5.82 Å². The van der Waals surface area contributed by atoms with Crippen LogP contribution in [0.5, 0.6) is 0 Å². The summed E-state index contributed by atoms with van der Waals surface area (Å²) < 4.78 is 1.10. The highest BCUT2D eigenvalue weighted by Crippen LogP contribution is 2.32. The van der Waals surface area contributed by atoms with Crippen molar-refractivity contribution in [1.29, 1.82) is 0 Å². The maximum absolute atomic E-state index is 4.40. The topological polar surface area (TPSA) is 24.9 Å². The Labute approximate surface area is 110 Å². The highest BCUT2D eigenvalue weighted by atomic mass is 79.9. The molecule has 1 saturated carbocycles. The monoisotopic (exact) mass is 300 g/mol. The maximum Gasteiger partial charge on any atom is 0.140 e. The van der Waals surface area contributed by atoms with E-state index in [9.17, 15) is 0 Å². The fourth-order valence-electron chi connectivity index (χ4n) is 2.19. The van der Waals surface area contributed by atoms with Crippen LogP contribution in [0.1, 0.15) is 24.8 Å². The first-order valence-corrected chi connectivity index (χ1v) is 7.71. The largest absolute Gasteiger partial charge is 0.365 e. The highest BCUT2D eigenvalue weighted by Gasteiger charge is 2.27. The smallest absolute Gasteiger partial charge is 0.140 e. The molecule has 0 aliphatic heterocycles. The Balaban J connectivity index is 2.11. The van der Waals surface area contributed by atoms with Crippen LogP contribution in [0.2, 0.25) is 0 Å². The number of aromatic nitrogens is 1. The summed E-state index contributed by atoms with van der Waals surface area (Å²) >= 11 is 5.56. The molecule has 1 N–H and O–H groups in total. The normalized spacial score (nSPS) is 24.7. The zero-order valence-electron chi connectivity index (χ0n) is 9.66. The summed E-state index contributed by atoms with van der Waals surface area (Å²) in [6.45, 7) is 2.09. The molecule has 1 fully saturated rings. The van der Waals surface area contributed by atoms with E-state index in [-0.39, 0.29) is 0 Å². The first-order chi connectivity index (χ1) is 7.72. The summed E-state index contributed by atoms with van der Waals surface area (Å²) in [5, 5.41) is 4.30. The zero-order chi connectivity index (χ0) is 11.5. The molecule has 2 nitrogen and oxygen atoms in total. The minimum atomic E-state index is 0.570. The number of nitrogens with one attached hydrogen (secondary N) is 1. The van der Waals surface area contributed by atoms with E-state index in [1.165, 1.54) is 24.8 Å². The SMILES string of the molecule is CSC1CCCC1Nc1nccc(C)c1Br. The van der Waals surface area contributed by atoms with Crippen molar-refractivity contribution >= 4 is 33.5 Å². The van der Waals surface area contributed by atoms with E-state index in [1.54, 1.807) is 0 Å². The molecule has 2 rings (SSSR count). The molecule has 16 heavy (non-hydrogen) atoms. The summed E-state index contributed by atoms with van der Waals surface area (Å²) in [6, 6.07) is 2.59. The highest BCUT2D eigenvalue weighted by molar-refractivity contribution is 9.10. The lowest BCUT2D eigenvalue weighted by Crippen LogP contribution is -2.26. The first kappa shape index (κ1) is 12.2. The van der Waals surface area contributed by atoms with E-state index in [0.717, 1.165) is 15.5 Å². The van der Waals surface area contributed by atoms with Gasteiger partial charge in [-0.05, 0) is 53.6 Å². The Kier molecular flexibility index (Phi) is 4.14. The summed E-state index contributed by atoms with van der Waals surface area (Å²) in [5.41, 5.74) is 1.23. The minimum Gasteiger partial charge on any atom is -0.365 e. The van der Waals surface area contributed by atoms with Crippen molar-refractivity contribution in [2.24, 2.45) is 0 Å². The Bertz CT molecular complexity index is 370. The van der Waals surface area contributed by atoms with Gasteiger partial charge in [-0.3, -0.25) is 0 Å². The molecule has 0 amide bonds. The number of hydrogen-bond acceptors (Lipinski definition) is 3. The number of hydrogen-bond donors (Lipinski definition) is 1. The van der Waals surface area contributed by atoms with Crippen molar-refractivity contribution in [3.63, 3.8) is 0 Å². The van der Waals surface area contributed by atoms with Gasteiger partial charge in [-0.1, -0.05) is 6.42 Å². The number of halogens is 1. The molecule has 0 aromatic carbocycles. The molecular formula is C12H17BrN2S. The van der Waals surface area contributed by atoms with Gasteiger partial charge in [0.25, 0.3) is 0 Å². The second kappa shape index (κ2) is 5.41. The lowest BCUT2D eigenvalue weighted by molar-refractivity contribution is 0.762. The van der Waals surface area contributed by atoms with Crippen LogP contribution >= 0.6 is 27.7 Å². The van der Waals surface area contributed by atoms with Gasteiger partial charge in [0.2, 0.25) is 0 Å². The van der Waals surface area contributed by atoms with Crippen LogP contribution < -0.4 is 5.32 Å². The number of pyridine rings is 1. The molecule has 0 radical (unpaired) electrons. The van der Waals surface area contributed by atoms with Crippen LogP contribution in [0.25, 0.3) is 0 Å². The number of rotatable bonds is 3. The lowest BCUT2D eigenvalue weighted by atomic mass is 10.2. The van der Waals surface area contributed by atoms with Crippen molar-refractivity contribution in [2.75, 3.05) is 11.6 Å². The second-order valence-electron chi connectivity index (χ2n) is 4.25. The van der Waals surface area contributed by atoms with Gasteiger partial charge in [0, 0.05) is 17.5 Å². The summed E-state index contributed by atoms with van der Waals surface area (Å²) in [6.07, 6.45) is 7.97. The average molecular weight is 301 g/mol. The first-order valence-electron chi connectivity index (χ1n) is 5.63. The Hall–Kier alpha value is -0.220. The van der Waals surface area contributed by atoms with E-state index < -0.39 is 0 Å². The fourth-order valence-corrected chi connectivity index (χ4v) is 3.47. The van der Waals surface area contributed by atoms with E-state index in [4.69, 9.17) is 0 Å². The van der Waals surface area contributed by atoms with Crippen LogP contribution in [0.15, 0.2) is 16.7 Å². The summed E-state index contributed by atoms with van der Waals surface area (Å²) in [5.74, 6) is 0.992. The van der Waals surface area contributed by atoms with Gasteiger partial charge in [0.15, 0.2) is 0 Å². The third-order valence-electron chi connectivity index (χ3n) is 3.16. The quantitative estimate of drug-likeness (QED) is 0.918. The molecule has 1 aromatic rings. The van der Waals surface area contributed by atoms with Gasteiger partial charge in [0.05, 0.1) is 4.47 Å². The molecule has 4 heteroatoms. The lowest BCUT2D eigenvalue weighted by Gasteiger charge is -2.20. The molecule has 0 saturated heterocycles. The van der Waals surface area contributed by atoms with Gasteiger partial charge in [-0.2, -0.15) is 11.8 Å². The minimum absolute atomic E-state index is 0.570. The third kappa shape index (κ3) is 2.54. The van der Waals surface area contributed by atoms with Gasteiger partial charge in [-0.25, -0.2) is 4.98 Å². The van der Waals surface area contributed by atoms with Crippen molar-refractivity contribution in [3.05, 3.63) is 22.3 Å². The van der Waals surface area contributed by atoms with Crippen LogP contribution in [-0.2, 0) is 0 Å². The molecule has 1 aliphatic rings. The standard InChI is InChI=1S/C12H17BrN2S/c1-8-6-7-14-12(11(8)13)15-9-4-3-5-10(9)16-2/h6-7,9-10H,3-5H2,1-2H3,(H,14,15). The van der Waals surface area contributed by atoms with E-state index >= 15 is 0 Å². The van der Waals surface area contributed by atoms with Crippen molar-refractivity contribution in [1.82, 2.24) is 4.98 Å². The van der Waals surface area contributed by atoms with E-state index in [2.05, 4.69) is 39.4 Å². The second-order valence-corrected chi connectivity index (χ2v) is 6.12. The molecule has 1 aliphatic carbocycles. The molecule has 1 aromatic heterocycles.